The third kappa shape index (κ3) is 6.60. The molecule has 7 nitrogen and oxygen atoms in total. The summed E-state index contributed by atoms with van der Waals surface area (Å²) in [7, 11) is 0. The Kier molecular flexibility index (Phi) is 7.49. The van der Waals surface area contributed by atoms with Crippen LogP contribution in [0.15, 0.2) is 97.2 Å². The van der Waals surface area contributed by atoms with E-state index in [0.29, 0.717) is 12.5 Å². The molecule has 0 unspecified atom stereocenters. The van der Waals surface area contributed by atoms with Crippen LogP contribution in [0.1, 0.15) is 26.3 Å². The van der Waals surface area contributed by atoms with Gasteiger partial charge in [0.25, 0.3) is 0 Å². The van der Waals surface area contributed by atoms with Gasteiger partial charge in [0.05, 0.1) is 5.69 Å². The van der Waals surface area contributed by atoms with E-state index in [1.165, 1.54) is 4.90 Å². The number of benzene rings is 3. The average Bonchev–Trinajstić information content (AvgIpc) is 3.28. The van der Waals surface area contributed by atoms with E-state index < -0.39 is 5.54 Å². The molecule has 0 aliphatic rings. The molecule has 3 aromatic carbocycles. The van der Waals surface area contributed by atoms with E-state index in [2.05, 4.69) is 10.6 Å². The fourth-order valence-electron chi connectivity index (χ4n) is 3.74. The Balaban J connectivity index is 1.59. The number of aromatic nitrogens is 2. The number of para-hydroxylation sites is 1. The van der Waals surface area contributed by atoms with Gasteiger partial charge in [-0.2, -0.15) is 0 Å². The molecule has 1 aromatic heterocycles. The number of carbonyl (C=O) groups excluding carboxylic acids is 2. The van der Waals surface area contributed by atoms with Gasteiger partial charge in [0, 0.05) is 29.5 Å². The van der Waals surface area contributed by atoms with Crippen LogP contribution in [-0.4, -0.2) is 38.5 Å². The highest BCUT2D eigenvalue weighted by atomic mass is 16.2. The Labute approximate surface area is 211 Å². The number of rotatable bonds is 7. The van der Waals surface area contributed by atoms with Crippen molar-refractivity contribution in [2.45, 2.75) is 32.9 Å². The maximum absolute atomic E-state index is 13.2. The number of nitrogens with zero attached hydrogens (tertiary/aromatic N) is 3. The summed E-state index contributed by atoms with van der Waals surface area (Å²) in [6.07, 6.45) is 1.90. The van der Waals surface area contributed by atoms with Gasteiger partial charge in [0.15, 0.2) is 0 Å². The Morgan fingerprint density at radius 1 is 0.861 bits per heavy atom. The van der Waals surface area contributed by atoms with Gasteiger partial charge in [0.1, 0.15) is 6.54 Å². The summed E-state index contributed by atoms with van der Waals surface area (Å²) in [5.74, 6) is 0.0540. The molecule has 4 aromatic rings. The number of nitrogens with one attached hydrogen (secondary N) is 2. The van der Waals surface area contributed by atoms with Crippen molar-refractivity contribution in [2.24, 2.45) is 0 Å². The number of anilines is 1. The molecule has 0 saturated carbocycles. The average molecular weight is 482 g/mol. The monoisotopic (exact) mass is 481 g/mol. The molecule has 0 radical (unpaired) electrons. The minimum Gasteiger partial charge on any atom is -0.333 e. The van der Waals surface area contributed by atoms with Crippen LogP contribution in [-0.2, 0) is 11.3 Å². The Morgan fingerprint density at radius 2 is 1.44 bits per heavy atom. The molecular formula is C29H31N5O2. The first-order chi connectivity index (χ1) is 17.3. The van der Waals surface area contributed by atoms with Gasteiger partial charge in [-0.15, -0.1) is 0 Å². The number of amides is 3. The fourth-order valence-corrected chi connectivity index (χ4v) is 3.74. The minimum atomic E-state index is -0.434. The molecule has 0 spiro atoms. The zero-order valence-electron chi connectivity index (χ0n) is 20.8. The third-order valence-corrected chi connectivity index (χ3v) is 5.38. The largest absolute Gasteiger partial charge is 0.333 e. The predicted molar refractivity (Wildman–Crippen MR) is 143 cm³/mol. The molecule has 36 heavy (non-hydrogen) atoms. The summed E-state index contributed by atoms with van der Waals surface area (Å²) in [6, 6.07) is 28.8. The SMILES string of the molecule is CC(C)(C)NC(=O)N(CC(=O)Nc1nc(-c2ccccc2)cn1-c1ccccc1)Cc1ccccc1. The van der Waals surface area contributed by atoms with Crippen LogP contribution in [0.4, 0.5) is 10.7 Å². The molecule has 184 valence electrons. The molecule has 0 saturated heterocycles. The lowest BCUT2D eigenvalue weighted by atomic mass is 10.1. The number of hydrogen-bond acceptors (Lipinski definition) is 3. The smallest absolute Gasteiger partial charge is 0.318 e. The molecule has 4 rings (SSSR count). The standard InChI is InChI=1S/C29H31N5O2/c1-29(2,3)32-28(36)33(19-22-13-7-4-8-14-22)21-26(35)31-27-30-25(23-15-9-5-10-16-23)20-34(27)24-17-11-6-12-18-24/h4-18,20H,19,21H2,1-3H3,(H,32,36)(H,30,31,35). The van der Waals surface area contributed by atoms with Crippen LogP contribution in [0.3, 0.4) is 0 Å². The highest BCUT2D eigenvalue weighted by molar-refractivity contribution is 5.93. The maximum atomic E-state index is 13.2. The van der Waals surface area contributed by atoms with E-state index in [0.717, 1.165) is 22.5 Å². The Hall–Kier alpha value is -4.39. The van der Waals surface area contributed by atoms with Crippen LogP contribution >= 0.6 is 0 Å². The summed E-state index contributed by atoms with van der Waals surface area (Å²) >= 11 is 0. The van der Waals surface area contributed by atoms with Crippen molar-refractivity contribution in [1.82, 2.24) is 19.8 Å². The van der Waals surface area contributed by atoms with Crippen LogP contribution in [0.2, 0.25) is 0 Å². The van der Waals surface area contributed by atoms with Crippen molar-refractivity contribution >= 4 is 17.9 Å². The molecular weight excluding hydrogens is 450 g/mol. The summed E-state index contributed by atoms with van der Waals surface area (Å²) in [5, 5.41) is 5.88. The van der Waals surface area contributed by atoms with Gasteiger partial charge < -0.3 is 10.2 Å². The highest BCUT2D eigenvalue weighted by Crippen LogP contribution is 2.24. The normalized spacial score (nSPS) is 11.1. The molecule has 0 aliphatic heterocycles. The molecule has 0 bridgehead atoms. The van der Waals surface area contributed by atoms with Crippen molar-refractivity contribution in [3.63, 3.8) is 0 Å². The topological polar surface area (TPSA) is 79.3 Å². The van der Waals surface area contributed by atoms with Crippen molar-refractivity contribution in [3.05, 3.63) is 103 Å². The highest BCUT2D eigenvalue weighted by Gasteiger charge is 2.23. The zero-order valence-corrected chi connectivity index (χ0v) is 20.8. The van der Waals surface area contributed by atoms with Crippen molar-refractivity contribution in [1.29, 1.82) is 0 Å². The quantitative estimate of drug-likeness (QED) is 0.366. The van der Waals surface area contributed by atoms with Gasteiger partial charge in [-0.05, 0) is 38.5 Å². The van der Waals surface area contributed by atoms with Crippen molar-refractivity contribution < 1.29 is 9.59 Å². The summed E-state index contributed by atoms with van der Waals surface area (Å²) in [4.78, 5) is 32.5. The Morgan fingerprint density at radius 3 is 2.06 bits per heavy atom. The minimum absolute atomic E-state index is 0.126. The second-order valence-electron chi connectivity index (χ2n) is 9.59. The molecule has 3 amide bonds. The van der Waals surface area contributed by atoms with Crippen LogP contribution in [0, 0.1) is 0 Å². The predicted octanol–water partition coefficient (Wildman–Crippen LogP) is 5.49. The molecule has 2 N–H and O–H groups in total. The summed E-state index contributed by atoms with van der Waals surface area (Å²) in [5.41, 5.74) is 3.05. The second kappa shape index (κ2) is 10.9. The number of hydrogen-bond donors (Lipinski definition) is 2. The molecule has 7 heteroatoms. The first-order valence-electron chi connectivity index (χ1n) is 11.9. The first kappa shape index (κ1) is 24.7. The number of imidazole rings is 1. The molecule has 1 heterocycles. The fraction of sp³-hybridized carbons (Fsp3) is 0.207. The maximum Gasteiger partial charge on any atom is 0.318 e. The van der Waals surface area contributed by atoms with Crippen molar-refractivity contribution in [2.75, 3.05) is 11.9 Å². The van der Waals surface area contributed by atoms with E-state index in [1.54, 1.807) is 0 Å². The first-order valence-corrected chi connectivity index (χ1v) is 11.9. The molecule has 0 atom stereocenters. The van der Waals surface area contributed by atoms with E-state index in [1.807, 2.05) is 123 Å². The summed E-state index contributed by atoms with van der Waals surface area (Å²) in [6.45, 7) is 5.91. The van der Waals surface area contributed by atoms with E-state index in [9.17, 15) is 9.59 Å². The van der Waals surface area contributed by atoms with Crippen LogP contribution in [0.25, 0.3) is 16.9 Å². The lowest BCUT2D eigenvalue weighted by molar-refractivity contribution is -0.117. The Bertz CT molecular complexity index is 1300. The van der Waals surface area contributed by atoms with Gasteiger partial charge in [0.2, 0.25) is 11.9 Å². The van der Waals surface area contributed by atoms with Gasteiger partial charge in [-0.1, -0.05) is 78.9 Å². The zero-order chi connectivity index (χ0) is 25.5. The van der Waals surface area contributed by atoms with Gasteiger partial charge >= 0.3 is 6.03 Å². The third-order valence-electron chi connectivity index (χ3n) is 5.38. The number of urea groups is 1. The van der Waals surface area contributed by atoms with E-state index in [-0.39, 0.29) is 18.5 Å². The van der Waals surface area contributed by atoms with Crippen molar-refractivity contribution in [3.8, 4) is 16.9 Å². The van der Waals surface area contributed by atoms with E-state index in [4.69, 9.17) is 4.98 Å². The lowest BCUT2D eigenvalue weighted by Crippen LogP contribution is -2.50. The van der Waals surface area contributed by atoms with Crippen LogP contribution < -0.4 is 10.6 Å². The summed E-state index contributed by atoms with van der Waals surface area (Å²) < 4.78 is 1.84. The van der Waals surface area contributed by atoms with Crippen LogP contribution in [0.5, 0.6) is 0 Å². The number of carbonyl (C=O) groups is 2. The molecule has 0 aliphatic carbocycles. The van der Waals surface area contributed by atoms with Gasteiger partial charge in [-0.25, -0.2) is 9.78 Å². The van der Waals surface area contributed by atoms with E-state index >= 15 is 0 Å². The molecule has 0 fully saturated rings. The van der Waals surface area contributed by atoms with Gasteiger partial charge in [-0.3, -0.25) is 14.7 Å². The lowest BCUT2D eigenvalue weighted by Gasteiger charge is -2.28. The second-order valence-corrected chi connectivity index (χ2v) is 9.59.